The van der Waals surface area contributed by atoms with Crippen LogP contribution in [0.3, 0.4) is 0 Å². The Morgan fingerprint density at radius 2 is 2.15 bits per heavy atom. The van der Waals surface area contributed by atoms with Crippen molar-refractivity contribution in [2.45, 2.75) is 57.6 Å². The zero-order valence-corrected chi connectivity index (χ0v) is 15.7. The third-order valence-electron chi connectivity index (χ3n) is 5.05. The summed E-state index contributed by atoms with van der Waals surface area (Å²) in [7, 11) is 0. The first-order valence-electron chi connectivity index (χ1n) is 9.05. The largest absolute Gasteiger partial charge is 0.388 e. The molecular formula is C20H26N4O2. The fraction of sp³-hybridized carbons (Fsp3) is 0.550. The smallest absolute Gasteiger partial charge is 0.229 e. The summed E-state index contributed by atoms with van der Waals surface area (Å²) >= 11 is 0. The van der Waals surface area contributed by atoms with Crippen LogP contribution < -0.4 is 0 Å². The second-order valence-corrected chi connectivity index (χ2v) is 7.84. The van der Waals surface area contributed by atoms with Gasteiger partial charge in [0.05, 0.1) is 23.5 Å². The van der Waals surface area contributed by atoms with Crippen LogP contribution in [-0.4, -0.2) is 38.8 Å². The molecule has 0 bridgehead atoms. The first-order valence-corrected chi connectivity index (χ1v) is 9.05. The van der Waals surface area contributed by atoms with Gasteiger partial charge < -0.3 is 9.63 Å². The number of aromatic nitrogens is 2. The van der Waals surface area contributed by atoms with Crippen molar-refractivity contribution in [1.82, 2.24) is 15.0 Å². The van der Waals surface area contributed by atoms with E-state index in [1.54, 1.807) is 6.92 Å². The molecule has 1 atom stereocenters. The topological polar surface area (TPSA) is 86.2 Å². The number of aryl methyl sites for hydroxylation is 1. The van der Waals surface area contributed by atoms with Crippen LogP contribution in [0.25, 0.3) is 0 Å². The van der Waals surface area contributed by atoms with Gasteiger partial charge >= 0.3 is 0 Å². The average Bonchev–Trinajstić information content (AvgIpc) is 2.99. The van der Waals surface area contributed by atoms with Crippen LogP contribution in [0, 0.1) is 18.3 Å². The normalized spacial score (nSPS) is 21.5. The minimum atomic E-state index is -0.864. The van der Waals surface area contributed by atoms with Crippen LogP contribution in [0.5, 0.6) is 0 Å². The molecule has 1 unspecified atom stereocenters. The SMILES string of the molecule is Cc1noc(CC2(O)CCCN(Cc3ccccc3C(C)(C)C#N)C2)n1. The molecule has 6 nitrogen and oxygen atoms in total. The monoisotopic (exact) mass is 354 g/mol. The molecule has 0 aliphatic carbocycles. The third kappa shape index (κ3) is 4.12. The van der Waals surface area contributed by atoms with E-state index in [-0.39, 0.29) is 0 Å². The fourth-order valence-electron chi connectivity index (χ4n) is 3.75. The van der Waals surface area contributed by atoms with Crippen molar-refractivity contribution in [3.63, 3.8) is 0 Å². The van der Waals surface area contributed by atoms with Crippen LogP contribution in [0.2, 0.25) is 0 Å². The fourth-order valence-corrected chi connectivity index (χ4v) is 3.75. The van der Waals surface area contributed by atoms with Crippen LogP contribution in [-0.2, 0) is 18.4 Å². The molecule has 0 saturated carbocycles. The van der Waals surface area contributed by atoms with E-state index in [1.807, 2.05) is 32.0 Å². The molecule has 1 aromatic carbocycles. The van der Waals surface area contributed by atoms with Crippen molar-refractivity contribution in [3.8, 4) is 6.07 Å². The standard InChI is InChI=1S/C20H26N4O2/c1-15-22-18(26-23-15)11-20(25)9-6-10-24(14-20)12-16-7-4-5-8-17(16)19(2,3)13-21/h4-5,7-8,25H,6,9-12,14H2,1-3H3. The highest BCUT2D eigenvalue weighted by molar-refractivity contribution is 5.37. The summed E-state index contributed by atoms with van der Waals surface area (Å²) in [5, 5.41) is 24.3. The minimum Gasteiger partial charge on any atom is -0.388 e. The summed E-state index contributed by atoms with van der Waals surface area (Å²) < 4.78 is 5.19. The van der Waals surface area contributed by atoms with E-state index in [9.17, 15) is 10.4 Å². The van der Waals surface area contributed by atoms with Gasteiger partial charge in [0, 0.05) is 13.1 Å². The van der Waals surface area contributed by atoms with Crippen LogP contribution in [0.15, 0.2) is 28.8 Å². The van der Waals surface area contributed by atoms with E-state index >= 15 is 0 Å². The molecule has 0 radical (unpaired) electrons. The van der Waals surface area contributed by atoms with E-state index in [0.717, 1.165) is 30.5 Å². The lowest BCUT2D eigenvalue weighted by molar-refractivity contribution is -0.0374. The van der Waals surface area contributed by atoms with Gasteiger partial charge in [-0.2, -0.15) is 10.2 Å². The number of β-amino-alcohol motifs (C(OH)–C–C–N with tert-alkyl or cyclic N) is 1. The highest BCUT2D eigenvalue weighted by atomic mass is 16.5. The molecular weight excluding hydrogens is 328 g/mol. The van der Waals surface area contributed by atoms with Gasteiger partial charge in [-0.1, -0.05) is 29.4 Å². The molecule has 1 saturated heterocycles. The molecule has 6 heteroatoms. The zero-order valence-electron chi connectivity index (χ0n) is 15.7. The summed E-state index contributed by atoms with van der Waals surface area (Å²) in [6, 6.07) is 10.5. The Labute approximate surface area is 154 Å². The molecule has 2 aromatic rings. The lowest BCUT2D eigenvalue weighted by Crippen LogP contribution is -2.49. The van der Waals surface area contributed by atoms with Crippen molar-refractivity contribution >= 4 is 0 Å². The van der Waals surface area contributed by atoms with Gasteiger partial charge in [-0.15, -0.1) is 0 Å². The predicted molar refractivity (Wildman–Crippen MR) is 97.3 cm³/mol. The van der Waals surface area contributed by atoms with Crippen molar-refractivity contribution < 1.29 is 9.63 Å². The number of nitrogens with zero attached hydrogens (tertiary/aromatic N) is 4. The van der Waals surface area contributed by atoms with Gasteiger partial charge in [-0.25, -0.2) is 0 Å². The number of aliphatic hydroxyl groups is 1. The molecule has 138 valence electrons. The minimum absolute atomic E-state index is 0.371. The molecule has 1 fully saturated rings. The van der Waals surface area contributed by atoms with Gasteiger partial charge in [-0.3, -0.25) is 4.90 Å². The maximum atomic E-state index is 11.0. The maximum Gasteiger partial charge on any atom is 0.229 e. The van der Waals surface area contributed by atoms with Crippen LogP contribution in [0.1, 0.15) is 49.5 Å². The Bertz CT molecular complexity index is 808. The van der Waals surface area contributed by atoms with Crippen molar-refractivity contribution in [2.75, 3.05) is 13.1 Å². The van der Waals surface area contributed by atoms with E-state index < -0.39 is 11.0 Å². The summed E-state index contributed by atoms with van der Waals surface area (Å²) in [6.45, 7) is 7.85. The number of likely N-dealkylation sites (tertiary alicyclic amines) is 1. The third-order valence-corrected chi connectivity index (χ3v) is 5.05. The molecule has 26 heavy (non-hydrogen) atoms. The number of benzene rings is 1. The van der Waals surface area contributed by atoms with Gasteiger partial charge in [-0.05, 0) is 51.3 Å². The Morgan fingerprint density at radius 1 is 1.38 bits per heavy atom. The van der Waals surface area contributed by atoms with Crippen molar-refractivity contribution in [2.24, 2.45) is 0 Å². The van der Waals surface area contributed by atoms with E-state index in [0.29, 0.717) is 31.2 Å². The second-order valence-electron chi connectivity index (χ2n) is 7.84. The van der Waals surface area contributed by atoms with Crippen LogP contribution >= 0.6 is 0 Å². The van der Waals surface area contributed by atoms with E-state index in [4.69, 9.17) is 4.52 Å². The van der Waals surface area contributed by atoms with Crippen LogP contribution in [0.4, 0.5) is 0 Å². The molecule has 2 heterocycles. The van der Waals surface area contributed by atoms with E-state index in [1.165, 1.54) is 0 Å². The lowest BCUT2D eigenvalue weighted by atomic mass is 9.82. The molecule has 3 rings (SSSR count). The molecule has 0 amide bonds. The Kier molecular flexibility index (Phi) is 5.12. The van der Waals surface area contributed by atoms with Gasteiger partial charge in [0.1, 0.15) is 0 Å². The summed E-state index contributed by atoms with van der Waals surface area (Å²) in [5.41, 5.74) is 0.780. The lowest BCUT2D eigenvalue weighted by Gasteiger charge is -2.39. The number of piperidine rings is 1. The van der Waals surface area contributed by atoms with Gasteiger partial charge in [0.15, 0.2) is 5.82 Å². The summed E-state index contributed by atoms with van der Waals surface area (Å²) in [5.74, 6) is 1.07. The second kappa shape index (κ2) is 7.18. The molecule has 1 aromatic heterocycles. The Balaban J connectivity index is 1.74. The predicted octanol–water partition coefficient (Wildman–Crippen LogP) is 2.75. The number of hydrogen-bond acceptors (Lipinski definition) is 6. The maximum absolute atomic E-state index is 11.0. The zero-order chi connectivity index (χ0) is 18.8. The molecule has 1 aliphatic heterocycles. The first-order chi connectivity index (χ1) is 12.3. The van der Waals surface area contributed by atoms with Gasteiger partial charge in [0.2, 0.25) is 5.89 Å². The number of rotatable bonds is 5. The van der Waals surface area contributed by atoms with Crippen molar-refractivity contribution in [1.29, 1.82) is 5.26 Å². The highest BCUT2D eigenvalue weighted by Crippen LogP contribution is 2.30. The first kappa shape index (κ1) is 18.6. The quantitative estimate of drug-likeness (QED) is 0.888. The molecule has 1 aliphatic rings. The van der Waals surface area contributed by atoms with E-state index in [2.05, 4.69) is 27.2 Å². The summed E-state index contributed by atoms with van der Waals surface area (Å²) in [4.78, 5) is 6.47. The highest BCUT2D eigenvalue weighted by Gasteiger charge is 2.35. The summed E-state index contributed by atoms with van der Waals surface area (Å²) in [6.07, 6.45) is 2.00. The molecule has 1 N–H and O–H groups in total. The Morgan fingerprint density at radius 3 is 2.85 bits per heavy atom. The van der Waals surface area contributed by atoms with Crippen molar-refractivity contribution in [3.05, 3.63) is 47.1 Å². The molecule has 0 spiro atoms. The van der Waals surface area contributed by atoms with Gasteiger partial charge in [0.25, 0.3) is 0 Å². The number of nitriles is 1. The Hall–Kier alpha value is -2.23. The average molecular weight is 354 g/mol. The number of hydrogen-bond donors (Lipinski definition) is 1.